The zero-order valence-corrected chi connectivity index (χ0v) is 7.34. The molecule has 0 saturated heterocycles. The average Bonchev–Trinajstić information content (AvgIpc) is 1.85. The molecule has 0 aromatic rings. The van der Waals surface area contributed by atoms with Crippen molar-refractivity contribution < 1.29 is 5.11 Å². The molecule has 2 heteroatoms. The Kier molecular flexibility index (Phi) is 2.90. The molecule has 66 valence electrons. The van der Waals surface area contributed by atoms with E-state index in [-0.39, 0.29) is 6.04 Å². The zero-order valence-electron chi connectivity index (χ0n) is 7.34. The lowest BCUT2D eigenvalue weighted by molar-refractivity contribution is -0.00787. The van der Waals surface area contributed by atoms with Crippen molar-refractivity contribution in [1.29, 1.82) is 0 Å². The third-order valence-corrected chi connectivity index (χ3v) is 2.49. The lowest BCUT2D eigenvalue weighted by atomic mass is 9.81. The Labute approximate surface area is 68.8 Å². The topological polar surface area (TPSA) is 46.2 Å². The van der Waals surface area contributed by atoms with Crippen LogP contribution < -0.4 is 5.73 Å². The fourth-order valence-corrected chi connectivity index (χ4v) is 2.01. The van der Waals surface area contributed by atoms with E-state index in [9.17, 15) is 5.11 Å². The highest BCUT2D eigenvalue weighted by molar-refractivity contribution is 4.84. The third-order valence-electron chi connectivity index (χ3n) is 2.49. The molecule has 0 heterocycles. The lowest BCUT2D eigenvalue weighted by Gasteiger charge is -2.33. The Morgan fingerprint density at radius 3 is 2.36 bits per heavy atom. The molecule has 0 spiro atoms. The SMILES string of the molecule is CC(N)CC1(O)CCCCC1. The molecular formula is C9H19NO. The first-order valence-corrected chi connectivity index (χ1v) is 4.60. The monoisotopic (exact) mass is 157 g/mol. The van der Waals surface area contributed by atoms with Crippen molar-refractivity contribution in [1.82, 2.24) is 0 Å². The van der Waals surface area contributed by atoms with Gasteiger partial charge in [-0.3, -0.25) is 0 Å². The molecule has 1 saturated carbocycles. The highest BCUT2D eigenvalue weighted by atomic mass is 16.3. The van der Waals surface area contributed by atoms with Gasteiger partial charge >= 0.3 is 0 Å². The molecular weight excluding hydrogens is 138 g/mol. The van der Waals surface area contributed by atoms with Crippen molar-refractivity contribution in [3.63, 3.8) is 0 Å². The average molecular weight is 157 g/mol. The van der Waals surface area contributed by atoms with Gasteiger partial charge in [-0.1, -0.05) is 19.3 Å². The molecule has 1 rings (SSSR count). The van der Waals surface area contributed by atoms with E-state index in [1.807, 2.05) is 6.92 Å². The van der Waals surface area contributed by atoms with E-state index in [4.69, 9.17) is 5.73 Å². The van der Waals surface area contributed by atoms with E-state index >= 15 is 0 Å². The van der Waals surface area contributed by atoms with Crippen molar-refractivity contribution in [2.45, 2.75) is 57.1 Å². The standard InChI is InChI=1S/C9H19NO/c1-8(10)7-9(11)5-3-2-4-6-9/h8,11H,2-7,10H2,1H3. The fourth-order valence-electron chi connectivity index (χ4n) is 2.01. The Morgan fingerprint density at radius 1 is 1.36 bits per heavy atom. The van der Waals surface area contributed by atoms with Gasteiger partial charge in [0.1, 0.15) is 0 Å². The van der Waals surface area contributed by atoms with Crippen molar-refractivity contribution in [2.75, 3.05) is 0 Å². The second-order valence-electron chi connectivity index (χ2n) is 3.97. The van der Waals surface area contributed by atoms with Gasteiger partial charge in [-0.05, 0) is 26.2 Å². The Morgan fingerprint density at radius 2 is 1.91 bits per heavy atom. The molecule has 1 atom stereocenters. The minimum atomic E-state index is -0.424. The Hall–Kier alpha value is -0.0800. The molecule has 0 radical (unpaired) electrons. The summed E-state index contributed by atoms with van der Waals surface area (Å²) in [6, 6.07) is 0.137. The number of hydrogen-bond acceptors (Lipinski definition) is 2. The summed E-state index contributed by atoms with van der Waals surface area (Å²) in [6.45, 7) is 1.96. The van der Waals surface area contributed by atoms with Crippen LogP contribution in [0.2, 0.25) is 0 Å². The quantitative estimate of drug-likeness (QED) is 0.636. The first kappa shape index (κ1) is 9.01. The number of aliphatic hydroxyl groups is 1. The van der Waals surface area contributed by atoms with Gasteiger partial charge < -0.3 is 10.8 Å². The summed E-state index contributed by atoms with van der Waals surface area (Å²) in [7, 11) is 0. The lowest BCUT2D eigenvalue weighted by Crippen LogP contribution is -2.37. The van der Waals surface area contributed by atoms with E-state index in [0.717, 1.165) is 19.3 Å². The molecule has 0 amide bonds. The fraction of sp³-hybridized carbons (Fsp3) is 1.00. The second kappa shape index (κ2) is 3.55. The summed E-state index contributed by atoms with van der Waals surface area (Å²) in [5.41, 5.74) is 5.22. The van der Waals surface area contributed by atoms with Gasteiger partial charge in [0, 0.05) is 6.04 Å². The van der Waals surface area contributed by atoms with Crippen LogP contribution in [0, 0.1) is 0 Å². The summed E-state index contributed by atoms with van der Waals surface area (Å²) in [6.07, 6.45) is 6.30. The maximum absolute atomic E-state index is 9.96. The molecule has 1 aliphatic carbocycles. The van der Waals surface area contributed by atoms with Gasteiger partial charge in [0.05, 0.1) is 5.60 Å². The van der Waals surface area contributed by atoms with Gasteiger partial charge in [-0.25, -0.2) is 0 Å². The summed E-state index contributed by atoms with van der Waals surface area (Å²) in [5.74, 6) is 0. The van der Waals surface area contributed by atoms with Crippen LogP contribution in [0.25, 0.3) is 0 Å². The number of hydrogen-bond donors (Lipinski definition) is 2. The van der Waals surface area contributed by atoms with Crippen molar-refractivity contribution >= 4 is 0 Å². The molecule has 1 aliphatic rings. The van der Waals surface area contributed by atoms with E-state index in [0.29, 0.717) is 0 Å². The first-order valence-electron chi connectivity index (χ1n) is 4.60. The summed E-state index contributed by atoms with van der Waals surface area (Å²) in [5, 5.41) is 9.96. The van der Waals surface area contributed by atoms with Gasteiger partial charge in [-0.15, -0.1) is 0 Å². The number of rotatable bonds is 2. The van der Waals surface area contributed by atoms with Crippen LogP contribution in [-0.2, 0) is 0 Å². The minimum Gasteiger partial charge on any atom is -0.390 e. The Bertz CT molecular complexity index is 117. The van der Waals surface area contributed by atoms with Crippen LogP contribution in [0.15, 0.2) is 0 Å². The van der Waals surface area contributed by atoms with Gasteiger partial charge in [0.25, 0.3) is 0 Å². The van der Waals surface area contributed by atoms with E-state index < -0.39 is 5.60 Å². The summed E-state index contributed by atoms with van der Waals surface area (Å²) >= 11 is 0. The van der Waals surface area contributed by atoms with Crippen LogP contribution in [0.3, 0.4) is 0 Å². The van der Waals surface area contributed by atoms with Crippen molar-refractivity contribution in [3.05, 3.63) is 0 Å². The molecule has 3 N–H and O–H groups in total. The van der Waals surface area contributed by atoms with Crippen molar-refractivity contribution in [3.8, 4) is 0 Å². The summed E-state index contributed by atoms with van der Waals surface area (Å²) in [4.78, 5) is 0. The minimum absolute atomic E-state index is 0.137. The smallest absolute Gasteiger partial charge is 0.0662 e. The molecule has 0 aromatic heterocycles. The number of nitrogens with two attached hydrogens (primary N) is 1. The predicted molar refractivity (Wildman–Crippen MR) is 46.3 cm³/mol. The highest BCUT2D eigenvalue weighted by Crippen LogP contribution is 2.31. The van der Waals surface area contributed by atoms with Crippen LogP contribution in [0.4, 0.5) is 0 Å². The van der Waals surface area contributed by atoms with Gasteiger partial charge in [-0.2, -0.15) is 0 Å². The molecule has 1 unspecified atom stereocenters. The molecule has 0 bridgehead atoms. The van der Waals surface area contributed by atoms with Crippen molar-refractivity contribution in [2.24, 2.45) is 5.73 Å². The maximum Gasteiger partial charge on any atom is 0.0662 e. The van der Waals surface area contributed by atoms with Gasteiger partial charge in [0.2, 0.25) is 0 Å². The summed E-state index contributed by atoms with van der Waals surface area (Å²) < 4.78 is 0. The van der Waals surface area contributed by atoms with Crippen LogP contribution >= 0.6 is 0 Å². The molecule has 11 heavy (non-hydrogen) atoms. The second-order valence-corrected chi connectivity index (χ2v) is 3.97. The molecule has 0 aliphatic heterocycles. The zero-order chi connectivity index (χ0) is 8.32. The molecule has 2 nitrogen and oxygen atoms in total. The van der Waals surface area contributed by atoms with Gasteiger partial charge in [0.15, 0.2) is 0 Å². The first-order chi connectivity index (χ1) is 5.12. The van der Waals surface area contributed by atoms with E-state index in [1.165, 1.54) is 19.3 Å². The predicted octanol–water partition coefficient (Wildman–Crippen LogP) is 1.42. The normalized spacial score (nSPS) is 26.5. The maximum atomic E-state index is 9.96. The molecule has 1 fully saturated rings. The highest BCUT2D eigenvalue weighted by Gasteiger charge is 2.29. The van der Waals surface area contributed by atoms with Crippen LogP contribution in [0.1, 0.15) is 45.4 Å². The van der Waals surface area contributed by atoms with Crippen LogP contribution in [0.5, 0.6) is 0 Å². The third kappa shape index (κ3) is 2.80. The largest absolute Gasteiger partial charge is 0.390 e. The Balaban J connectivity index is 2.37. The van der Waals surface area contributed by atoms with E-state index in [1.54, 1.807) is 0 Å². The van der Waals surface area contributed by atoms with Crippen LogP contribution in [-0.4, -0.2) is 16.7 Å². The van der Waals surface area contributed by atoms with E-state index in [2.05, 4.69) is 0 Å². The molecule has 0 aromatic carbocycles.